The molecular weight excluding hydrogens is 356 g/mol. The molecule has 2 rings (SSSR count). The molecule has 0 aliphatic rings. The Hall–Kier alpha value is -1.53. The molecule has 0 unspecified atom stereocenters. The Kier molecular flexibility index (Phi) is 5.25. The largest absolute Gasteiger partial charge is 0.497 e. The smallest absolute Gasteiger partial charge is 0.351 e. The number of carbonyl (C=O) groups excluding carboxylic acids is 1. The average molecular weight is 371 g/mol. The molecule has 2 aromatic rings. The van der Waals surface area contributed by atoms with Gasteiger partial charge in [-0.05, 0) is 40.5 Å². The van der Waals surface area contributed by atoms with Crippen molar-refractivity contribution in [3.05, 3.63) is 44.1 Å². The van der Waals surface area contributed by atoms with E-state index in [-0.39, 0.29) is 0 Å². The third-order valence-electron chi connectivity index (χ3n) is 2.88. The van der Waals surface area contributed by atoms with Gasteiger partial charge in [-0.1, -0.05) is 12.1 Å². The highest BCUT2D eigenvalue weighted by Crippen LogP contribution is 2.40. The van der Waals surface area contributed by atoms with E-state index in [4.69, 9.17) is 14.2 Å². The maximum atomic E-state index is 11.8. The van der Waals surface area contributed by atoms with Gasteiger partial charge in [-0.25, -0.2) is 4.79 Å². The molecule has 21 heavy (non-hydrogen) atoms. The molecule has 0 N–H and O–H groups in total. The van der Waals surface area contributed by atoms with E-state index in [2.05, 4.69) is 15.9 Å². The van der Waals surface area contributed by atoms with Crippen molar-refractivity contribution in [1.29, 1.82) is 0 Å². The Morgan fingerprint density at radius 3 is 2.48 bits per heavy atom. The van der Waals surface area contributed by atoms with E-state index >= 15 is 0 Å². The molecule has 0 fully saturated rings. The lowest BCUT2D eigenvalue weighted by Crippen LogP contribution is -2.03. The summed E-state index contributed by atoms with van der Waals surface area (Å²) in [6.45, 7) is 2.28. The monoisotopic (exact) mass is 370 g/mol. The number of hydrogen-bond acceptors (Lipinski definition) is 5. The minimum Gasteiger partial charge on any atom is -0.497 e. The normalized spacial score (nSPS) is 10.3. The summed E-state index contributed by atoms with van der Waals surface area (Å²) in [5.41, 5.74) is 0.988. The number of carbonyl (C=O) groups is 1. The van der Waals surface area contributed by atoms with Crippen molar-refractivity contribution in [2.45, 2.75) is 13.5 Å². The Balaban J connectivity index is 2.17. The van der Waals surface area contributed by atoms with E-state index in [1.165, 1.54) is 18.4 Å². The van der Waals surface area contributed by atoms with Crippen LogP contribution in [0.3, 0.4) is 0 Å². The first kappa shape index (κ1) is 15.9. The van der Waals surface area contributed by atoms with Crippen molar-refractivity contribution in [1.82, 2.24) is 0 Å². The fourth-order valence-corrected chi connectivity index (χ4v) is 3.33. The highest BCUT2D eigenvalue weighted by molar-refractivity contribution is 9.10. The lowest BCUT2D eigenvalue weighted by molar-refractivity contribution is 0.0601. The highest BCUT2D eigenvalue weighted by Gasteiger charge is 2.22. The van der Waals surface area contributed by atoms with E-state index in [9.17, 15) is 4.79 Å². The van der Waals surface area contributed by atoms with Gasteiger partial charge in [-0.3, -0.25) is 0 Å². The van der Waals surface area contributed by atoms with Gasteiger partial charge >= 0.3 is 5.97 Å². The van der Waals surface area contributed by atoms with Crippen LogP contribution in [0, 0.1) is 6.92 Å². The van der Waals surface area contributed by atoms with Crippen LogP contribution in [0.1, 0.15) is 20.1 Å². The molecule has 0 amide bonds. The maximum Gasteiger partial charge on any atom is 0.351 e. The average Bonchev–Trinajstić information content (AvgIpc) is 2.80. The minimum absolute atomic E-state index is 0.364. The van der Waals surface area contributed by atoms with Gasteiger partial charge in [0.25, 0.3) is 0 Å². The van der Waals surface area contributed by atoms with Crippen LogP contribution < -0.4 is 9.47 Å². The first-order chi connectivity index (χ1) is 10.1. The summed E-state index contributed by atoms with van der Waals surface area (Å²) in [7, 11) is 2.98. The molecule has 0 atom stereocenters. The van der Waals surface area contributed by atoms with Crippen molar-refractivity contribution >= 4 is 33.2 Å². The van der Waals surface area contributed by atoms with Gasteiger partial charge in [-0.15, -0.1) is 11.3 Å². The quantitative estimate of drug-likeness (QED) is 0.740. The van der Waals surface area contributed by atoms with E-state index in [0.717, 1.165) is 20.7 Å². The molecular formula is C15H15BrO4S. The first-order valence-electron chi connectivity index (χ1n) is 6.19. The van der Waals surface area contributed by atoms with E-state index in [1.54, 1.807) is 7.11 Å². The zero-order valence-electron chi connectivity index (χ0n) is 11.9. The first-order valence-corrected chi connectivity index (χ1v) is 7.80. The van der Waals surface area contributed by atoms with E-state index < -0.39 is 5.97 Å². The van der Waals surface area contributed by atoms with Crippen molar-refractivity contribution in [2.24, 2.45) is 0 Å². The van der Waals surface area contributed by atoms with Crippen molar-refractivity contribution < 1.29 is 19.0 Å². The number of hydrogen-bond donors (Lipinski definition) is 0. The number of aryl methyl sites for hydroxylation is 1. The molecule has 0 bridgehead atoms. The second-order valence-corrected chi connectivity index (χ2v) is 6.28. The third-order valence-corrected chi connectivity index (χ3v) is 5.17. The van der Waals surface area contributed by atoms with Gasteiger partial charge in [-0.2, -0.15) is 0 Å². The molecule has 0 radical (unpaired) electrons. The van der Waals surface area contributed by atoms with Crippen LogP contribution in [0.25, 0.3) is 0 Å². The van der Waals surface area contributed by atoms with Gasteiger partial charge in [0, 0.05) is 4.88 Å². The molecule has 4 nitrogen and oxygen atoms in total. The molecule has 0 aliphatic carbocycles. The zero-order chi connectivity index (χ0) is 15.4. The number of halogens is 1. The highest BCUT2D eigenvalue weighted by atomic mass is 79.9. The van der Waals surface area contributed by atoms with Gasteiger partial charge in [0.05, 0.1) is 18.7 Å². The Labute approximate surface area is 135 Å². The molecule has 6 heteroatoms. The fourth-order valence-electron chi connectivity index (χ4n) is 1.74. The number of esters is 1. The second kappa shape index (κ2) is 6.95. The summed E-state index contributed by atoms with van der Waals surface area (Å²) in [6.07, 6.45) is 0. The van der Waals surface area contributed by atoms with Crippen LogP contribution in [0.5, 0.6) is 11.5 Å². The molecule has 1 heterocycles. The number of rotatable bonds is 5. The second-order valence-electron chi connectivity index (χ2n) is 4.26. The lowest BCUT2D eigenvalue weighted by atomic mass is 10.2. The summed E-state index contributed by atoms with van der Waals surface area (Å²) in [5.74, 6) is 0.931. The molecule has 0 saturated heterocycles. The Bertz CT molecular complexity index is 634. The van der Waals surface area contributed by atoms with Gasteiger partial charge in [0.2, 0.25) is 0 Å². The van der Waals surface area contributed by atoms with Gasteiger partial charge in [0.15, 0.2) is 10.6 Å². The summed E-state index contributed by atoms with van der Waals surface area (Å²) >= 11 is 4.80. The summed E-state index contributed by atoms with van der Waals surface area (Å²) in [4.78, 5) is 13.2. The van der Waals surface area contributed by atoms with Crippen molar-refractivity contribution in [2.75, 3.05) is 14.2 Å². The minimum atomic E-state index is -0.390. The maximum absolute atomic E-state index is 11.8. The van der Waals surface area contributed by atoms with Crippen LogP contribution in [-0.2, 0) is 11.3 Å². The molecule has 0 saturated carbocycles. The summed E-state index contributed by atoms with van der Waals surface area (Å²) in [6, 6.07) is 7.58. The standard InChI is InChI=1S/C15H15BrO4S/c1-9-12(16)13(14(21-9)15(17)19-3)20-8-10-4-6-11(18-2)7-5-10/h4-7H,8H2,1-3H3. The van der Waals surface area contributed by atoms with Crippen molar-refractivity contribution in [3.8, 4) is 11.5 Å². The summed E-state index contributed by atoms with van der Waals surface area (Å²) < 4.78 is 16.5. The van der Waals surface area contributed by atoms with Crippen LogP contribution in [0.2, 0.25) is 0 Å². The Morgan fingerprint density at radius 1 is 1.24 bits per heavy atom. The molecule has 112 valence electrons. The molecule has 0 spiro atoms. The fraction of sp³-hybridized carbons (Fsp3) is 0.267. The molecule has 1 aromatic heterocycles. The van der Waals surface area contributed by atoms with Crippen LogP contribution in [-0.4, -0.2) is 20.2 Å². The number of ether oxygens (including phenoxy) is 3. The van der Waals surface area contributed by atoms with Gasteiger partial charge in [0.1, 0.15) is 12.4 Å². The summed E-state index contributed by atoms with van der Waals surface area (Å²) in [5, 5.41) is 0. The molecule has 0 aliphatic heterocycles. The van der Waals surface area contributed by atoms with Gasteiger partial charge < -0.3 is 14.2 Å². The van der Waals surface area contributed by atoms with E-state index in [0.29, 0.717) is 17.2 Å². The van der Waals surface area contributed by atoms with Crippen LogP contribution in [0.15, 0.2) is 28.7 Å². The molecule has 1 aromatic carbocycles. The number of methoxy groups -OCH3 is 2. The Morgan fingerprint density at radius 2 is 1.90 bits per heavy atom. The van der Waals surface area contributed by atoms with E-state index in [1.807, 2.05) is 31.2 Å². The van der Waals surface area contributed by atoms with Crippen LogP contribution >= 0.6 is 27.3 Å². The number of benzene rings is 1. The zero-order valence-corrected chi connectivity index (χ0v) is 14.3. The third kappa shape index (κ3) is 3.57. The number of thiophene rings is 1. The van der Waals surface area contributed by atoms with Crippen LogP contribution in [0.4, 0.5) is 0 Å². The predicted molar refractivity (Wildman–Crippen MR) is 85.4 cm³/mol. The SMILES string of the molecule is COC(=O)c1sc(C)c(Br)c1OCc1ccc(OC)cc1. The van der Waals surface area contributed by atoms with Crippen molar-refractivity contribution in [3.63, 3.8) is 0 Å². The lowest BCUT2D eigenvalue weighted by Gasteiger charge is -2.08. The predicted octanol–water partition coefficient (Wildman–Crippen LogP) is 4.19. The topological polar surface area (TPSA) is 44.8 Å².